The predicted octanol–water partition coefficient (Wildman–Crippen LogP) is 4.70. The van der Waals surface area contributed by atoms with Gasteiger partial charge in [-0.05, 0) is 40.6 Å². The highest BCUT2D eigenvalue weighted by atomic mass is 79.9. The van der Waals surface area contributed by atoms with Gasteiger partial charge in [0.15, 0.2) is 0 Å². The lowest BCUT2D eigenvalue weighted by Crippen LogP contribution is -2.16. The fourth-order valence-corrected chi connectivity index (χ4v) is 3.72. The van der Waals surface area contributed by atoms with Crippen molar-refractivity contribution < 1.29 is 0 Å². The van der Waals surface area contributed by atoms with E-state index < -0.39 is 0 Å². The molecule has 1 N–H and O–H groups in total. The molecule has 1 aromatic heterocycles. The number of nitrogens with one attached hydrogen (secondary N) is 1. The van der Waals surface area contributed by atoms with Crippen LogP contribution in [-0.4, -0.2) is 17.0 Å². The molecule has 0 radical (unpaired) electrons. The van der Waals surface area contributed by atoms with Crippen molar-refractivity contribution in [1.29, 1.82) is 0 Å². The van der Waals surface area contributed by atoms with Crippen LogP contribution in [0.2, 0.25) is 0 Å². The van der Waals surface area contributed by atoms with Gasteiger partial charge in [0.2, 0.25) is 0 Å². The summed E-state index contributed by atoms with van der Waals surface area (Å²) in [6.07, 6.45) is 5.11. The van der Waals surface area contributed by atoms with Crippen molar-refractivity contribution in [3.05, 3.63) is 16.0 Å². The molecule has 1 saturated carbocycles. The number of aromatic nitrogens is 2. The summed E-state index contributed by atoms with van der Waals surface area (Å²) < 4.78 is 1.01. The van der Waals surface area contributed by atoms with E-state index in [2.05, 4.69) is 42.0 Å². The summed E-state index contributed by atoms with van der Waals surface area (Å²) in [4.78, 5) is 9.56. The molecule has 0 spiro atoms. The van der Waals surface area contributed by atoms with Crippen LogP contribution in [0, 0.1) is 5.92 Å². The molecule has 0 amide bonds. The van der Waals surface area contributed by atoms with Crippen LogP contribution in [0.5, 0.6) is 0 Å². The molecule has 1 aliphatic carbocycles. The second-order valence-electron chi connectivity index (χ2n) is 6.00. The van der Waals surface area contributed by atoms with Gasteiger partial charge in [-0.15, -0.1) is 0 Å². The van der Waals surface area contributed by atoms with Crippen molar-refractivity contribution in [2.24, 2.45) is 5.92 Å². The molecule has 0 saturated heterocycles. The standard InChI is InChI=1S/C15H24BrN3/c1-9(2)13-12(16)15(17-4)19-14(18-13)11-7-5-6-10(3)8-11/h9-11H,5-8H2,1-4H3,(H,17,18,19). The SMILES string of the molecule is CNc1nc(C2CCCC(C)C2)nc(C(C)C)c1Br. The zero-order chi connectivity index (χ0) is 14.0. The molecule has 0 bridgehead atoms. The molecular weight excluding hydrogens is 302 g/mol. The number of halogens is 1. The summed E-state index contributed by atoms with van der Waals surface area (Å²) >= 11 is 3.62. The van der Waals surface area contributed by atoms with Gasteiger partial charge in [-0.2, -0.15) is 0 Å². The van der Waals surface area contributed by atoms with E-state index in [1.54, 1.807) is 0 Å². The lowest BCUT2D eigenvalue weighted by atomic mass is 9.82. The van der Waals surface area contributed by atoms with Gasteiger partial charge in [0.1, 0.15) is 11.6 Å². The molecule has 1 aromatic rings. The van der Waals surface area contributed by atoms with Gasteiger partial charge in [0, 0.05) is 13.0 Å². The Kier molecular flexibility index (Phi) is 4.82. The summed E-state index contributed by atoms with van der Waals surface area (Å²) in [5.41, 5.74) is 1.12. The van der Waals surface area contributed by atoms with E-state index in [-0.39, 0.29) is 0 Å². The first kappa shape index (κ1) is 14.8. The highest BCUT2D eigenvalue weighted by Crippen LogP contribution is 2.37. The third-order valence-electron chi connectivity index (χ3n) is 3.98. The second kappa shape index (κ2) is 6.21. The van der Waals surface area contributed by atoms with Crippen molar-refractivity contribution in [1.82, 2.24) is 9.97 Å². The van der Waals surface area contributed by atoms with E-state index in [0.29, 0.717) is 11.8 Å². The van der Waals surface area contributed by atoms with E-state index in [9.17, 15) is 0 Å². The van der Waals surface area contributed by atoms with Crippen LogP contribution in [0.3, 0.4) is 0 Å². The van der Waals surface area contributed by atoms with Gasteiger partial charge in [0.25, 0.3) is 0 Å². The Morgan fingerprint density at radius 1 is 1.26 bits per heavy atom. The summed E-state index contributed by atoms with van der Waals surface area (Å²) in [5.74, 6) is 3.69. The van der Waals surface area contributed by atoms with Crippen molar-refractivity contribution in [3.8, 4) is 0 Å². The number of rotatable bonds is 3. The fraction of sp³-hybridized carbons (Fsp3) is 0.733. The summed E-state index contributed by atoms with van der Waals surface area (Å²) in [6, 6.07) is 0. The molecule has 106 valence electrons. The molecule has 3 nitrogen and oxygen atoms in total. The molecule has 1 fully saturated rings. The molecule has 1 aliphatic rings. The van der Waals surface area contributed by atoms with E-state index in [4.69, 9.17) is 9.97 Å². The molecule has 0 aromatic carbocycles. The number of anilines is 1. The van der Waals surface area contributed by atoms with E-state index in [1.807, 2.05) is 7.05 Å². The molecule has 4 heteroatoms. The number of hydrogen-bond acceptors (Lipinski definition) is 3. The first-order valence-electron chi connectivity index (χ1n) is 7.28. The Hall–Kier alpha value is -0.640. The topological polar surface area (TPSA) is 37.8 Å². The molecule has 19 heavy (non-hydrogen) atoms. The first-order chi connectivity index (χ1) is 9.02. The van der Waals surface area contributed by atoms with Crippen molar-refractivity contribution in [2.45, 2.75) is 58.3 Å². The highest BCUT2D eigenvalue weighted by Gasteiger charge is 2.25. The molecule has 2 rings (SSSR count). The van der Waals surface area contributed by atoms with Gasteiger partial charge >= 0.3 is 0 Å². The number of hydrogen-bond donors (Lipinski definition) is 1. The van der Waals surface area contributed by atoms with Gasteiger partial charge in [-0.25, -0.2) is 9.97 Å². The quantitative estimate of drug-likeness (QED) is 0.875. The van der Waals surface area contributed by atoms with E-state index >= 15 is 0 Å². The maximum absolute atomic E-state index is 4.84. The van der Waals surface area contributed by atoms with Gasteiger partial charge in [-0.3, -0.25) is 0 Å². The minimum absolute atomic E-state index is 0.407. The van der Waals surface area contributed by atoms with Crippen LogP contribution < -0.4 is 5.32 Å². The minimum Gasteiger partial charge on any atom is -0.372 e. The van der Waals surface area contributed by atoms with Crippen LogP contribution >= 0.6 is 15.9 Å². The van der Waals surface area contributed by atoms with Crippen LogP contribution in [0.1, 0.15) is 69.8 Å². The Morgan fingerprint density at radius 2 is 2.00 bits per heavy atom. The Morgan fingerprint density at radius 3 is 2.58 bits per heavy atom. The lowest BCUT2D eigenvalue weighted by molar-refractivity contribution is 0.334. The van der Waals surface area contributed by atoms with Crippen LogP contribution in [0.25, 0.3) is 0 Å². The normalized spacial score (nSPS) is 23.7. The van der Waals surface area contributed by atoms with Gasteiger partial charge in [0.05, 0.1) is 10.2 Å². The van der Waals surface area contributed by atoms with E-state index in [1.165, 1.54) is 25.7 Å². The van der Waals surface area contributed by atoms with Crippen molar-refractivity contribution >= 4 is 21.7 Å². The lowest BCUT2D eigenvalue weighted by Gasteiger charge is -2.26. The molecule has 2 unspecified atom stereocenters. The van der Waals surface area contributed by atoms with Crippen molar-refractivity contribution in [2.75, 3.05) is 12.4 Å². The monoisotopic (exact) mass is 325 g/mol. The van der Waals surface area contributed by atoms with E-state index in [0.717, 1.165) is 27.7 Å². The van der Waals surface area contributed by atoms with Gasteiger partial charge < -0.3 is 5.32 Å². The molecule has 1 heterocycles. The summed E-state index contributed by atoms with van der Waals surface area (Å²) in [7, 11) is 1.92. The Bertz CT molecular complexity index is 445. The predicted molar refractivity (Wildman–Crippen MR) is 83.7 cm³/mol. The number of nitrogens with zero attached hydrogens (tertiary/aromatic N) is 2. The smallest absolute Gasteiger partial charge is 0.144 e. The third kappa shape index (κ3) is 3.28. The zero-order valence-electron chi connectivity index (χ0n) is 12.3. The average molecular weight is 326 g/mol. The average Bonchev–Trinajstić information content (AvgIpc) is 2.38. The minimum atomic E-state index is 0.407. The summed E-state index contributed by atoms with van der Waals surface area (Å²) in [5, 5.41) is 3.18. The maximum Gasteiger partial charge on any atom is 0.144 e. The maximum atomic E-state index is 4.84. The van der Waals surface area contributed by atoms with Crippen LogP contribution in [-0.2, 0) is 0 Å². The summed E-state index contributed by atoms with van der Waals surface area (Å²) in [6.45, 7) is 6.70. The van der Waals surface area contributed by atoms with Crippen LogP contribution in [0.15, 0.2) is 4.47 Å². The molecular formula is C15H24BrN3. The molecule has 0 aliphatic heterocycles. The van der Waals surface area contributed by atoms with Gasteiger partial charge in [-0.1, -0.05) is 33.6 Å². The second-order valence-corrected chi connectivity index (χ2v) is 6.80. The zero-order valence-corrected chi connectivity index (χ0v) is 13.9. The Balaban J connectivity index is 2.37. The van der Waals surface area contributed by atoms with Crippen molar-refractivity contribution in [3.63, 3.8) is 0 Å². The van der Waals surface area contributed by atoms with Crippen LogP contribution in [0.4, 0.5) is 5.82 Å². The highest BCUT2D eigenvalue weighted by molar-refractivity contribution is 9.10. The molecule has 2 atom stereocenters. The fourth-order valence-electron chi connectivity index (χ4n) is 2.88. The Labute approximate surface area is 124 Å². The third-order valence-corrected chi connectivity index (χ3v) is 4.76. The first-order valence-corrected chi connectivity index (χ1v) is 8.07. The largest absolute Gasteiger partial charge is 0.372 e.